The molecule has 0 aliphatic heterocycles. The summed E-state index contributed by atoms with van der Waals surface area (Å²) in [5, 5.41) is 0. The first kappa shape index (κ1) is 13.0. The van der Waals surface area contributed by atoms with E-state index >= 15 is 0 Å². The smallest absolute Gasteiger partial charge is 0.304 e. The maximum absolute atomic E-state index is 10.7. The van der Waals surface area contributed by atoms with Gasteiger partial charge in [-0.25, -0.2) is 4.98 Å². The van der Waals surface area contributed by atoms with Crippen molar-refractivity contribution in [1.82, 2.24) is 4.98 Å². The SMILES string of the molecule is CC(=O)OCN(COC(C)=O)c1ccccn1. The molecule has 0 aliphatic carbocycles. The van der Waals surface area contributed by atoms with E-state index in [0.29, 0.717) is 5.82 Å². The number of carbonyl (C=O) groups is 2. The minimum Gasteiger partial charge on any atom is -0.444 e. The Balaban J connectivity index is 2.64. The molecule has 1 aromatic rings. The van der Waals surface area contributed by atoms with E-state index in [4.69, 9.17) is 9.47 Å². The van der Waals surface area contributed by atoms with Gasteiger partial charge in [0.05, 0.1) is 0 Å². The number of rotatable bonds is 5. The standard InChI is InChI=1S/C11H14N2O4/c1-9(14)16-7-13(8-17-10(2)15)11-5-3-4-6-12-11/h3-6H,7-8H2,1-2H3. The normalized spacial score (nSPS) is 9.53. The van der Waals surface area contributed by atoms with Crippen molar-refractivity contribution >= 4 is 17.8 Å². The molecule has 0 radical (unpaired) electrons. The van der Waals surface area contributed by atoms with Crippen LogP contribution in [0.15, 0.2) is 24.4 Å². The summed E-state index contributed by atoms with van der Waals surface area (Å²) < 4.78 is 9.69. The maximum atomic E-state index is 10.7. The van der Waals surface area contributed by atoms with Crippen LogP contribution in [0.3, 0.4) is 0 Å². The van der Waals surface area contributed by atoms with Crippen LogP contribution in [-0.2, 0) is 19.1 Å². The van der Waals surface area contributed by atoms with E-state index in [9.17, 15) is 9.59 Å². The van der Waals surface area contributed by atoms with Crippen LogP contribution in [0.5, 0.6) is 0 Å². The van der Waals surface area contributed by atoms with E-state index in [1.165, 1.54) is 18.7 Å². The number of pyridine rings is 1. The molecular weight excluding hydrogens is 224 g/mol. The molecule has 0 saturated carbocycles. The van der Waals surface area contributed by atoms with Crippen LogP contribution in [0.25, 0.3) is 0 Å². The van der Waals surface area contributed by atoms with Gasteiger partial charge in [-0.2, -0.15) is 0 Å². The van der Waals surface area contributed by atoms with Crippen LogP contribution in [0.1, 0.15) is 13.8 Å². The largest absolute Gasteiger partial charge is 0.444 e. The number of hydrogen-bond acceptors (Lipinski definition) is 6. The third-order valence-corrected chi connectivity index (χ3v) is 1.82. The molecule has 1 rings (SSSR count). The Labute approximate surface area is 99.2 Å². The Hall–Kier alpha value is -2.11. The number of ether oxygens (including phenoxy) is 2. The predicted octanol–water partition coefficient (Wildman–Crippen LogP) is 0.929. The number of carbonyl (C=O) groups excluding carboxylic acids is 2. The van der Waals surface area contributed by atoms with E-state index in [0.717, 1.165) is 0 Å². The molecule has 6 nitrogen and oxygen atoms in total. The fourth-order valence-corrected chi connectivity index (χ4v) is 1.05. The van der Waals surface area contributed by atoms with Gasteiger partial charge in [0, 0.05) is 20.0 Å². The number of nitrogens with zero attached hydrogens (tertiary/aromatic N) is 2. The lowest BCUT2D eigenvalue weighted by molar-refractivity contribution is -0.143. The number of aromatic nitrogens is 1. The molecule has 1 heterocycles. The Bertz CT molecular complexity index is 362. The van der Waals surface area contributed by atoms with Gasteiger partial charge in [0.1, 0.15) is 5.82 Å². The molecule has 0 unspecified atom stereocenters. The molecular formula is C11H14N2O4. The zero-order valence-corrected chi connectivity index (χ0v) is 9.75. The minimum absolute atomic E-state index is 0.0143. The van der Waals surface area contributed by atoms with Crippen molar-refractivity contribution in [2.45, 2.75) is 13.8 Å². The number of esters is 2. The molecule has 0 spiro atoms. The fraction of sp³-hybridized carbons (Fsp3) is 0.364. The molecule has 1 aromatic heterocycles. The van der Waals surface area contributed by atoms with Crippen molar-refractivity contribution in [2.24, 2.45) is 0 Å². The lowest BCUT2D eigenvalue weighted by Gasteiger charge is -2.21. The topological polar surface area (TPSA) is 68.7 Å². The number of anilines is 1. The van der Waals surface area contributed by atoms with Crippen LogP contribution < -0.4 is 4.90 Å². The summed E-state index contributed by atoms with van der Waals surface area (Å²) in [5.41, 5.74) is 0. The van der Waals surface area contributed by atoms with Gasteiger partial charge in [-0.3, -0.25) is 14.5 Å². The molecule has 0 atom stereocenters. The highest BCUT2D eigenvalue weighted by molar-refractivity contribution is 5.66. The highest BCUT2D eigenvalue weighted by atomic mass is 16.6. The summed E-state index contributed by atoms with van der Waals surface area (Å²) in [7, 11) is 0. The van der Waals surface area contributed by atoms with E-state index in [2.05, 4.69) is 4.98 Å². The Morgan fingerprint density at radius 3 is 2.18 bits per heavy atom. The fourth-order valence-electron chi connectivity index (χ4n) is 1.05. The second kappa shape index (κ2) is 6.47. The van der Waals surface area contributed by atoms with Crippen LogP contribution >= 0.6 is 0 Å². The summed E-state index contributed by atoms with van der Waals surface area (Å²) >= 11 is 0. The molecule has 0 saturated heterocycles. The molecule has 0 aliphatic rings. The van der Waals surface area contributed by atoms with Crippen LogP contribution in [0.4, 0.5) is 5.82 Å². The molecule has 0 fully saturated rings. The summed E-state index contributed by atoms with van der Waals surface area (Å²) in [6.45, 7) is 2.59. The van der Waals surface area contributed by atoms with Crippen molar-refractivity contribution in [2.75, 3.05) is 18.4 Å². The first-order chi connectivity index (χ1) is 8.09. The van der Waals surface area contributed by atoms with Crippen LogP contribution in [-0.4, -0.2) is 30.4 Å². The van der Waals surface area contributed by atoms with E-state index < -0.39 is 11.9 Å². The van der Waals surface area contributed by atoms with Gasteiger partial charge in [-0.15, -0.1) is 0 Å². The highest BCUT2D eigenvalue weighted by Crippen LogP contribution is 2.09. The third kappa shape index (κ3) is 4.96. The summed E-state index contributed by atoms with van der Waals surface area (Å²) in [4.78, 5) is 27.1. The lowest BCUT2D eigenvalue weighted by atomic mass is 10.4. The molecule has 0 bridgehead atoms. The summed E-state index contributed by atoms with van der Waals surface area (Å²) in [5.74, 6) is -0.252. The Morgan fingerprint density at radius 1 is 1.18 bits per heavy atom. The quantitative estimate of drug-likeness (QED) is 0.561. The van der Waals surface area contributed by atoms with Gasteiger partial charge in [0.15, 0.2) is 13.5 Å². The Morgan fingerprint density at radius 2 is 1.76 bits per heavy atom. The van der Waals surface area contributed by atoms with Crippen molar-refractivity contribution in [1.29, 1.82) is 0 Å². The average Bonchev–Trinajstić information content (AvgIpc) is 2.29. The van der Waals surface area contributed by atoms with Gasteiger partial charge in [-0.05, 0) is 12.1 Å². The molecule has 0 amide bonds. The zero-order chi connectivity index (χ0) is 12.7. The first-order valence-corrected chi connectivity index (χ1v) is 5.02. The van der Waals surface area contributed by atoms with Crippen LogP contribution in [0, 0.1) is 0 Å². The van der Waals surface area contributed by atoms with E-state index in [1.807, 2.05) is 0 Å². The molecule has 0 aromatic carbocycles. The summed E-state index contributed by atoms with van der Waals surface area (Å²) in [6.07, 6.45) is 1.60. The number of hydrogen-bond donors (Lipinski definition) is 0. The van der Waals surface area contributed by atoms with Crippen LogP contribution in [0.2, 0.25) is 0 Å². The molecule has 6 heteroatoms. The van der Waals surface area contributed by atoms with Crippen molar-refractivity contribution in [3.63, 3.8) is 0 Å². The first-order valence-electron chi connectivity index (χ1n) is 5.02. The zero-order valence-electron chi connectivity index (χ0n) is 9.75. The predicted molar refractivity (Wildman–Crippen MR) is 60.0 cm³/mol. The van der Waals surface area contributed by atoms with Crippen molar-refractivity contribution < 1.29 is 19.1 Å². The molecule has 92 valence electrons. The van der Waals surface area contributed by atoms with Gasteiger partial charge < -0.3 is 9.47 Å². The molecule has 17 heavy (non-hydrogen) atoms. The van der Waals surface area contributed by atoms with Gasteiger partial charge in [-0.1, -0.05) is 6.07 Å². The third-order valence-electron chi connectivity index (χ3n) is 1.82. The van der Waals surface area contributed by atoms with Crippen molar-refractivity contribution in [3.05, 3.63) is 24.4 Å². The second-order valence-electron chi connectivity index (χ2n) is 3.26. The molecule has 0 N–H and O–H groups in total. The van der Waals surface area contributed by atoms with Crippen molar-refractivity contribution in [3.8, 4) is 0 Å². The summed E-state index contributed by atoms with van der Waals surface area (Å²) in [6, 6.07) is 5.28. The average molecular weight is 238 g/mol. The van der Waals surface area contributed by atoms with Gasteiger partial charge in [0.25, 0.3) is 0 Å². The lowest BCUT2D eigenvalue weighted by Crippen LogP contribution is -2.31. The highest BCUT2D eigenvalue weighted by Gasteiger charge is 2.10. The maximum Gasteiger partial charge on any atom is 0.304 e. The second-order valence-corrected chi connectivity index (χ2v) is 3.26. The minimum atomic E-state index is -0.409. The van der Waals surface area contributed by atoms with E-state index in [-0.39, 0.29) is 13.5 Å². The van der Waals surface area contributed by atoms with Gasteiger partial charge in [0.2, 0.25) is 0 Å². The van der Waals surface area contributed by atoms with E-state index in [1.54, 1.807) is 24.4 Å². The Kier molecular flexibility index (Phi) is 4.93. The van der Waals surface area contributed by atoms with Gasteiger partial charge >= 0.3 is 11.9 Å². The monoisotopic (exact) mass is 238 g/mol.